The molecule has 0 saturated carbocycles. The Hall–Kier alpha value is -1.86. The quantitative estimate of drug-likeness (QED) is 0.781. The summed E-state index contributed by atoms with van der Waals surface area (Å²) in [6.07, 6.45) is -1.86. The molecule has 1 amide bonds. The maximum absolute atomic E-state index is 11.8. The van der Waals surface area contributed by atoms with E-state index in [2.05, 4.69) is 4.98 Å². The molecule has 1 N–H and O–H groups in total. The zero-order valence-corrected chi connectivity index (χ0v) is 8.70. The third-order valence-electron chi connectivity index (χ3n) is 1.90. The number of carbonyl (C=O) groups excluding carboxylic acids is 1. The minimum Gasteiger partial charge on any atom is -0.348 e. The summed E-state index contributed by atoms with van der Waals surface area (Å²) < 4.78 is 36.6. The Morgan fingerprint density at radius 1 is 1.47 bits per heavy atom. The minimum absolute atomic E-state index is 0.153. The van der Waals surface area contributed by atoms with Gasteiger partial charge in [0, 0.05) is 25.5 Å². The van der Waals surface area contributed by atoms with Gasteiger partial charge in [0.1, 0.15) is 0 Å². The minimum atomic E-state index is -4.87. The molecule has 0 radical (unpaired) electrons. The van der Waals surface area contributed by atoms with Crippen LogP contribution in [0, 0.1) is 0 Å². The van der Waals surface area contributed by atoms with Gasteiger partial charge in [-0.1, -0.05) is 0 Å². The van der Waals surface area contributed by atoms with E-state index >= 15 is 0 Å². The number of aromatic nitrogens is 2. The molecular formula is C9H10F3N3O2. The fourth-order valence-electron chi connectivity index (χ4n) is 1.11. The molecule has 0 fully saturated rings. The first-order valence-corrected chi connectivity index (χ1v) is 4.78. The zero-order valence-electron chi connectivity index (χ0n) is 8.70. The van der Waals surface area contributed by atoms with Gasteiger partial charge >= 0.3 is 17.8 Å². The Morgan fingerprint density at radius 3 is 2.76 bits per heavy atom. The molecule has 0 unspecified atom stereocenters. The van der Waals surface area contributed by atoms with Gasteiger partial charge in [0.25, 0.3) is 0 Å². The number of alkyl halides is 3. The lowest BCUT2D eigenvalue weighted by Gasteiger charge is -2.08. The van der Waals surface area contributed by atoms with Crippen LogP contribution in [0.15, 0.2) is 23.3 Å². The van der Waals surface area contributed by atoms with Gasteiger partial charge < -0.3 is 5.32 Å². The van der Waals surface area contributed by atoms with E-state index < -0.39 is 17.8 Å². The average molecular weight is 249 g/mol. The number of nitrogens with zero attached hydrogens (tertiary/aromatic N) is 2. The number of rotatable bonds is 4. The summed E-state index contributed by atoms with van der Waals surface area (Å²) in [7, 11) is 0. The van der Waals surface area contributed by atoms with Crippen molar-refractivity contribution in [3.63, 3.8) is 0 Å². The maximum atomic E-state index is 11.8. The number of nitrogens with one attached hydrogen (secondary N) is 1. The molecule has 0 aromatic carbocycles. The molecule has 94 valence electrons. The van der Waals surface area contributed by atoms with E-state index in [9.17, 15) is 22.8 Å². The molecule has 0 aliphatic carbocycles. The predicted octanol–water partition coefficient (Wildman–Crippen LogP) is 0.312. The molecule has 1 aromatic heterocycles. The van der Waals surface area contributed by atoms with Gasteiger partial charge in [-0.2, -0.15) is 13.2 Å². The topological polar surface area (TPSA) is 64.0 Å². The lowest BCUT2D eigenvalue weighted by molar-refractivity contribution is -0.173. The molecule has 0 aliphatic rings. The highest BCUT2D eigenvalue weighted by atomic mass is 19.4. The zero-order chi connectivity index (χ0) is 12.9. The van der Waals surface area contributed by atoms with Crippen LogP contribution in [-0.2, 0) is 11.3 Å². The van der Waals surface area contributed by atoms with Crippen LogP contribution >= 0.6 is 0 Å². The van der Waals surface area contributed by atoms with Crippen molar-refractivity contribution in [1.29, 1.82) is 0 Å². The summed E-state index contributed by atoms with van der Waals surface area (Å²) in [6, 6.07) is 1.54. The number of aryl methyl sites for hydroxylation is 1. The summed E-state index contributed by atoms with van der Waals surface area (Å²) in [5.74, 6) is -1.98. The van der Waals surface area contributed by atoms with E-state index in [1.165, 1.54) is 23.0 Å². The summed E-state index contributed by atoms with van der Waals surface area (Å²) in [5.41, 5.74) is -0.477. The van der Waals surface area contributed by atoms with Gasteiger partial charge in [-0.05, 0) is 12.5 Å². The summed E-state index contributed by atoms with van der Waals surface area (Å²) in [6.45, 7) is 0.0461. The highest BCUT2D eigenvalue weighted by Gasteiger charge is 2.38. The lowest BCUT2D eigenvalue weighted by Crippen LogP contribution is -2.37. The number of halogens is 3. The molecular weight excluding hydrogens is 239 g/mol. The highest BCUT2D eigenvalue weighted by molar-refractivity contribution is 5.81. The Morgan fingerprint density at radius 2 is 2.18 bits per heavy atom. The fraction of sp³-hybridized carbons (Fsp3) is 0.444. The Bertz CT molecular complexity index is 442. The molecule has 1 rings (SSSR count). The van der Waals surface area contributed by atoms with E-state index in [4.69, 9.17) is 0 Å². The number of hydrogen-bond acceptors (Lipinski definition) is 3. The van der Waals surface area contributed by atoms with Crippen LogP contribution in [-0.4, -0.2) is 28.2 Å². The van der Waals surface area contributed by atoms with Crippen molar-refractivity contribution < 1.29 is 18.0 Å². The molecule has 1 aromatic rings. The van der Waals surface area contributed by atoms with Crippen LogP contribution < -0.4 is 11.0 Å². The van der Waals surface area contributed by atoms with Gasteiger partial charge in [-0.15, -0.1) is 0 Å². The Labute approximate surface area is 94.3 Å². The van der Waals surface area contributed by atoms with Crippen molar-refractivity contribution in [2.24, 2.45) is 0 Å². The Kier molecular flexibility index (Phi) is 4.24. The van der Waals surface area contributed by atoms with E-state index in [0.29, 0.717) is 0 Å². The van der Waals surface area contributed by atoms with Crippen LogP contribution in [0.2, 0.25) is 0 Å². The molecule has 0 aliphatic heterocycles. The van der Waals surface area contributed by atoms with Crippen LogP contribution in [0.1, 0.15) is 6.42 Å². The second-order valence-corrected chi connectivity index (χ2v) is 3.20. The van der Waals surface area contributed by atoms with Crippen molar-refractivity contribution >= 4 is 5.91 Å². The van der Waals surface area contributed by atoms with Crippen molar-refractivity contribution in [3.05, 3.63) is 28.9 Å². The largest absolute Gasteiger partial charge is 0.471 e. The number of amides is 1. The highest BCUT2D eigenvalue weighted by Crippen LogP contribution is 2.13. The van der Waals surface area contributed by atoms with Gasteiger partial charge in [-0.25, -0.2) is 9.78 Å². The monoisotopic (exact) mass is 249 g/mol. The van der Waals surface area contributed by atoms with Gasteiger partial charge in [-0.3, -0.25) is 9.36 Å². The van der Waals surface area contributed by atoms with E-state index in [1.807, 2.05) is 0 Å². The molecule has 0 bridgehead atoms. The SMILES string of the molecule is O=C(NCCCn1cccnc1=O)C(F)(F)F. The van der Waals surface area contributed by atoms with Gasteiger partial charge in [0.15, 0.2) is 0 Å². The van der Waals surface area contributed by atoms with E-state index in [-0.39, 0.29) is 19.5 Å². The first kappa shape index (κ1) is 13.2. The molecule has 5 nitrogen and oxygen atoms in total. The summed E-state index contributed by atoms with van der Waals surface area (Å²) in [4.78, 5) is 25.0. The van der Waals surface area contributed by atoms with E-state index in [0.717, 1.165) is 0 Å². The van der Waals surface area contributed by atoms with Gasteiger partial charge in [0.05, 0.1) is 0 Å². The predicted molar refractivity (Wildman–Crippen MR) is 52.2 cm³/mol. The van der Waals surface area contributed by atoms with Crippen molar-refractivity contribution in [2.45, 2.75) is 19.1 Å². The third kappa shape index (κ3) is 4.25. The molecule has 8 heteroatoms. The van der Waals surface area contributed by atoms with Crippen molar-refractivity contribution in [2.75, 3.05) is 6.54 Å². The average Bonchev–Trinajstić information content (AvgIpc) is 2.25. The van der Waals surface area contributed by atoms with Crippen LogP contribution in [0.5, 0.6) is 0 Å². The van der Waals surface area contributed by atoms with Crippen LogP contribution in [0.3, 0.4) is 0 Å². The van der Waals surface area contributed by atoms with Crippen LogP contribution in [0.4, 0.5) is 13.2 Å². The lowest BCUT2D eigenvalue weighted by atomic mass is 10.4. The second kappa shape index (κ2) is 5.46. The van der Waals surface area contributed by atoms with E-state index in [1.54, 1.807) is 5.32 Å². The van der Waals surface area contributed by atoms with Gasteiger partial charge in [0.2, 0.25) is 0 Å². The standard InChI is InChI=1S/C9H10F3N3O2/c10-9(11,12)7(16)13-3-1-5-15-6-2-4-14-8(15)17/h2,4,6H,1,3,5H2,(H,13,16). The molecule has 0 spiro atoms. The smallest absolute Gasteiger partial charge is 0.348 e. The first-order chi connectivity index (χ1) is 7.91. The molecule has 0 atom stereocenters. The number of carbonyl (C=O) groups is 1. The van der Waals surface area contributed by atoms with Crippen molar-refractivity contribution in [1.82, 2.24) is 14.9 Å². The molecule has 1 heterocycles. The fourth-order valence-corrected chi connectivity index (χ4v) is 1.11. The molecule has 0 saturated heterocycles. The van der Waals surface area contributed by atoms with Crippen LogP contribution in [0.25, 0.3) is 0 Å². The Balaban J connectivity index is 2.33. The number of hydrogen-bond donors (Lipinski definition) is 1. The third-order valence-corrected chi connectivity index (χ3v) is 1.90. The summed E-state index contributed by atoms with van der Waals surface area (Å²) >= 11 is 0. The second-order valence-electron chi connectivity index (χ2n) is 3.20. The summed E-state index contributed by atoms with van der Waals surface area (Å²) in [5, 5.41) is 1.71. The first-order valence-electron chi connectivity index (χ1n) is 4.78. The molecule has 17 heavy (non-hydrogen) atoms. The van der Waals surface area contributed by atoms with Crippen molar-refractivity contribution in [3.8, 4) is 0 Å². The maximum Gasteiger partial charge on any atom is 0.471 e. The normalized spacial score (nSPS) is 11.2.